The lowest BCUT2D eigenvalue weighted by atomic mass is 9.91. The minimum Gasteiger partial charge on any atom is -0.494 e. The smallest absolute Gasteiger partial charge is 0.425 e. The fourth-order valence-electron chi connectivity index (χ4n) is 7.78. The van der Waals surface area contributed by atoms with E-state index in [1.54, 1.807) is 72.0 Å². The maximum Gasteiger partial charge on any atom is 0.425 e. The number of hydrogen-bond acceptors (Lipinski definition) is 10. The molecule has 0 saturated carbocycles. The van der Waals surface area contributed by atoms with Gasteiger partial charge in [-0.05, 0) is 126 Å². The molecule has 0 atom stereocenters. The molecule has 0 aliphatic heterocycles. The number of aromatic nitrogens is 1. The number of hydrogen-bond donors (Lipinski definition) is 0. The number of pyridine rings is 1. The summed E-state index contributed by atoms with van der Waals surface area (Å²) in [4.78, 5) is 33.9. The van der Waals surface area contributed by atoms with Crippen molar-refractivity contribution in [2.24, 2.45) is 0 Å². The van der Waals surface area contributed by atoms with Crippen molar-refractivity contribution in [1.29, 1.82) is 0 Å². The Morgan fingerprint density at radius 2 is 1.06 bits per heavy atom. The molecule has 12 heteroatoms. The largest absolute Gasteiger partial charge is 0.494 e. The van der Waals surface area contributed by atoms with E-state index >= 15 is 0 Å². The van der Waals surface area contributed by atoms with Gasteiger partial charge in [-0.25, -0.2) is 14.6 Å². The van der Waals surface area contributed by atoms with Crippen LogP contribution in [0.1, 0.15) is 142 Å². The number of imide groups is 1. The highest BCUT2D eigenvalue weighted by molar-refractivity contribution is 7.86. The van der Waals surface area contributed by atoms with Crippen LogP contribution in [0.3, 0.4) is 0 Å². The number of ether oxygens (including phenoxy) is 4. The molecule has 0 spiro atoms. The van der Waals surface area contributed by atoms with Crippen LogP contribution in [0.5, 0.6) is 11.5 Å². The zero-order valence-corrected chi connectivity index (χ0v) is 43.0. The lowest BCUT2D eigenvalue weighted by molar-refractivity contribution is 0.0429. The second-order valence-electron chi connectivity index (χ2n) is 19.5. The third kappa shape index (κ3) is 18.0. The van der Waals surface area contributed by atoms with Gasteiger partial charge in [0.15, 0.2) is 5.82 Å². The zero-order valence-electron chi connectivity index (χ0n) is 42.2. The molecule has 0 bridgehead atoms. The molecule has 0 saturated heterocycles. The van der Waals surface area contributed by atoms with Gasteiger partial charge in [-0.15, -0.1) is 0 Å². The van der Waals surface area contributed by atoms with Crippen molar-refractivity contribution in [3.05, 3.63) is 126 Å². The van der Waals surface area contributed by atoms with Gasteiger partial charge >= 0.3 is 12.2 Å². The number of amides is 2. The fourth-order valence-corrected chi connectivity index (χ4v) is 8.73. The maximum atomic E-state index is 14.0. The van der Waals surface area contributed by atoms with Crippen molar-refractivity contribution in [1.82, 2.24) is 4.98 Å². The number of carbonyl (C=O) groups excluding carboxylic acids is 2. The number of anilines is 1. The molecule has 372 valence electrons. The zero-order chi connectivity index (χ0) is 49.9. The molecular formula is C57H74N2O9S. The predicted octanol–water partition coefficient (Wildman–Crippen LogP) is 15.0. The summed E-state index contributed by atoms with van der Waals surface area (Å²) < 4.78 is 53.7. The molecule has 1 heterocycles. The number of nitrogens with zero attached hydrogens (tertiary/aromatic N) is 2. The molecule has 11 nitrogen and oxygen atoms in total. The first-order valence-electron chi connectivity index (χ1n) is 24.7. The Morgan fingerprint density at radius 3 is 1.57 bits per heavy atom. The predicted molar refractivity (Wildman–Crippen MR) is 275 cm³/mol. The number of unbranched alkanes of at least 4 members (excludes halogenated alkanes) is 11. The lowest BCUT2D eigenvalue weighted by Gasteiger charge is -2.30. The summed E-state index contributed by atoms with van der Waals surface area (Å²) in [6.45, 7) is 15.7. The Kier molecular flexibility index (Phi) is 20.7. The van der Waals surface area contributed by atoms with Crippen LogP contribution in [-0.2, 0) is 36.8 Å². The molecule has 69 heavy (non-hydrogen) atoms. The lowest BCUT2D eigenvalue weighted by Crippen LogP contribution is -2.44. The highest BCUT2D eigenvalue weighted by atomic mass is 32.2. The van der Waals surface area contributed by atoms with Gasteiger partial charge in [-0.1, -0.05) is 143 Å². The fraction of sp³-hybridized carbons (Fsp3) is 0.456. The van der Waals surface area contributed by atoms with Crippen LogP contribution in [-0.4, -0.2) is 50.0 Å². The summed E-state index contributed by atoms with van der Waals surface area (Å²) in [5, 5.41) is 0. The van der Waals surface area contributed by atoms with E-state index < -0.39 is 33.5 Å². The van der Waals surface area contributed by atoms with Gasteiger partial charge in [0.05, 0.1) is 18.1 Å². The highest BCUT2D eigenvalue weighted by Gasteiger charge is 2.36. The van der Waals surface area contributed by atoms with Gasteiger partial charge in [0, 0.05) is 17.3 Å². The van der Waals surface area contributed by atoms with Crippen molar-refractivity contribution in [2.45, 2.75) is 162 Å². The summed E-state index contributed by atoms with van der Waals surface area (Å²) in [5.74, 6) is 1.57. The van der Waals surface area contributed by atoms with E-state index in [2.05, 4.69) is 0 Å². The third-order valence-corrected chi connectivity index (χ3v) is 12.6. The molecule has 0 aliphatic carbocycles. The van der Waals surface area contributed by atoms with Gasteiger partial charge in [-0.2, -0.15) is 13.3 Å². The third-order valence-electron chi connectivity index (χ3n) is 11.3. The summed E-state index contributed by atoms with van der Waals surface area (Å²) >= 11 is 0. The Morgan fingerprint density at radius 1 is 0.580 bits per heavy atom. The molecule has 0 unspecified atom stereocenters. The Balaban J connectivity index is 1.13. The molecule has 5 aromatic rings. The first kappa shape index (κ1) is 54.2. The number of rotatable bonds is 25. The van der Waals surface area contributed by atoms with Crippen molar-refractivity contribution in [2.75, 3.05) is 18.1 Å². The monoisotopic (exact) mass is 963 g/mol. The minimum atomic E-state index is -3.68. The molecular weight excluding hydrogens is 889 g/mol. The summed E-state index contributed by atoms with van der Waals surface area (Å²) in [7, 11) is -3.68. The van der Waals surface area contributed by atoms with E-state index in [-0.39, 0.29) is 17.3 Å². The van der Waals surface area contributed by atoms with Crippen molar-refractivity contribution in [3.63, 3.8) is 0 Å². The second kappa shape index (κ2) is 26.3. The molecule has 0 aliphatic rings. The first-order chi connectivity index (χ1) is 32.9. The number of carbonyl (C=O) groups is 2. The molecule has 0 radical (unpaired) electrons. The Labute approximate surface area is 412 Å². The summed E-state index contributed by atoms with van der Waals surface area (Å²) in [5.41, 5.74) is 4.27. The minimum absolute atomic E-state index is 0.110. The van der Waals surface area contributed by atoms with E-state index in [9.17, 15) is 18.0 Å². The van der Waals surface area contributed by atoms with Crippen LogP contribution in [0.4, 0.5) is 15.4 Å². The summed E-state index contributed by atoms with van der Waals surface area (Å²) in [6, 6.07) is 32.3. The normalized spacial score (nSPS) is 11.8. The molecule has 1 aromatic heterocycles. The highest BCUT2D eigenvalue weighted by Crippen LogP contribution is 2.40. The van der Waals surface area contributed by atoms with Crippen LogP contribution in [0.15, 0.2) is 114 Å². The Hall–Kier alpha value is -5.72. The molecule has 2 amide bonds. The van der Waals surface area contributed by atoms with Crippen LogP contribution in [0.25, 0.3) is 22.3 Å². The Bertz CT molecular complexity index is 2430. The second-order valence-corrected chi connectivity index (χ2v) is 21.1. The molecule has 0 N–H and O–H groups in total. The van der Waals surface area contributed by atoms with Gasteiger partial charge in [0.25, 0.3) is 10.1 Å². The van der Waals surface area contributed by atoms with E-state index in [0.29, 0.717) is 30.9 Å². The topological polar surface area (TPSA) is 131 Å². The molecule has 5 rings (SSSR count). The van der Waals surface area contributed by atoms with Crippen LogP contribution in [0, 0.1) is 6.92 Å². The van der Waals surface area contributed by atoms with Crippen molar-refractivity contribution < 1.29 is 41.1 Å². The molecule has 4 aromatic carbocycles. The average Bonchev–Trinajstić information content (AvgIpc) is 3.30. The first-order valence-corrected chi connectivity index (χ1v) is 26.1. The maximum absolute atomic E-state index is 14.0. The van der Waals surface area contributed by atoms with E-state index in [1.165, 1.54) is 38.5 Å². The number of aryl methyl sites for hydroxylation is 1. The van der Waals surface area contributed by atoms with Crippen molar-refractivity contribution >= 4 is 28.1 Å². The molecule has 0 fully saturated rings. The van der Waals surface area contributed by atoms with Crippen LogP contribution in [0.2, 0.25) is 0 Å². The van der Waals surface area contributed by atoms with Crippen LogP contribution < -0.4 is 14.4 Å². The van der Waals surface area contributed by atoms with Crippen LogP contribution >= 0.6 is 0 Å². The van der Waals surface area contributed by atoms with E-state index in [1.807, 2.05) is 92.7 Å². The SMILES string of the molecule is CCc1c(-c2ccc(OCCCCCCCCCCCCCCOS(=O)(=O)c3ccc(C)cc3)cc2)cnc(N(C(=O)OC(C)(C)C)C(=O)OC(C)(C)C)c1-c1ccc(OCc2ccccc2)cc1. The average molecular weight is 963 g/mol. The van der Waals surface area contributed by atoms with Gasteiger partial charge in [-0.3, -0.25) is 4.18 Å². The van der Waals surface area contributed by atoms with Gasteiger partial charge < -0.3 is 18.9 Å². The quantitative estimate of drug-likeness (QED) is 0.0411. The van der Waals surface area contributed by atoms with Gasteiger partial charge in [0.1, 0.15) is 29.3 Å². The van der Waals surface area contributed by atoms with Crippen molar-refractivity contribution in [3.8, 4) is 33.8 Å². The standard InChI is InChI=1S/C57H74N2O9S/c1-9-50-51(45-29-33-47(34-30-45)64-39-23-18-16-14-12-10-11-13-15-17-19-24-40-66-69(62,63)49-37-27-43(2)28-38-49)41-58-53(59(54(60)67-56(3,4)5)55(61)68-57(6,7)8)52(50)46-31-35-48(36-32-46)65-42-44-25-21-20-22-26-44/h20-22,25-38,41H,9-19,23-24,39-40,42H2,1-8H3. The summed E-state index contributed by atoms with van der Waals surface area (Å²) in [6.07, 6.45) is 13.9. The van der Waals surface area contributed by atoms with Gasteiger partial charge in [0.2, 0.25) is 0 Å². The van der Waals surface area contributed by atoms with E-state index in [4.69, 9.17) is 28.1 Å². The van der Waals surface area contributed by atoms with E-state index in [0.717, 1.165) is 82.6 Å². The number of benzene rings is 4.